The molecule has 1 aliphatic heterocycles. The van der Waals surface area contributed by atoms with Crippen molar-refractivity contribution in [2.24, 2.45) is 0 Å². The summed E-state index contributed by atoms with van der Waals surface area (Å²) in [6, 6.07) is 19.6. The molecule has 0 unspecified atom stereocenters. The van der Waals surface area contributed by atoms with E-state index < -0.39 is 5.60 Å². The number of hydrogen-bond donors (Lipinski definition) is 2. The zero-order valence-corrected chi connectivity index (χ0v) is 13.7. The number of carbonyl (C=O) groups is 1. The molecule has 0 aliphatic carbocycles. The quantitative estimate of drug-likeness (QED) is 0.753. The van der Waals surface area contributed by atoms with Crippen LogP contribution in [0.2, 0.25) is 0 Å². The molecule has 0 radical (unpaired) electrons. The number of nitrogens with zero attached hydrogens (tertiary/aromatic N) is 1. The van der Waals surface area contributed by atoms with Gasteiger partial charge in [-0.25, -0.2) is 0 Å². The molecule has 0 atom stereocenters. The minimum Gasteiger partial charge on any atom is -0.358 e. The van der Waals surface area contributed by atoms with Crippen LogP contribution in [0.25, 0.3) is 10.9 Å². The molecule has 1 aliphatic rings. The van der Waals surface area contributed by atoms with Crippen LogP contribution >= 0.6 is 0 Å². The largest absolute Gasteiger partial charge is 0.358 e. The van der Waals surface area contributed by atoms with Crippen molar-refractivity contribution in [2.45, 2.75) is 5.60 Å². The monoisotopic (exact) mass is 333 g/mol. The summed E-state index contributed by atoms with van der Waals surface area (Å²) in [5, 5.41) is 7.15. The van der Waals surface area contributed by atoms with Gasteiger partial charge >= 0.3 is 0 Å². The normalized spacial score (nSPS) is 15.5. The lowest BCUT2D eigenvalue weighted by Crippen LogP contribution is -2.59. The highest BCUT2D eigenvalue weighted by atomic mass is 16.5. The number of amides is 1. The van der Waals surface area contributed by atoms with E-state index in [1.807, 2.05) is 60.7 Å². The van der Waals surface area contributed by atoms with Crippen LogP contribution < -0.4 is 10.6 Å². The van der Waals surface area contributed by atoms with Crippen LogP contribution in [0, 0.1) is 0 Å². The maximum Gasteiger partial charge on any atom is 0.250 e. The van der Waals surface area contributed by atoms with Gasteiger partial charge < -0.3 is 15.4 Å². The van der Waals surface area contributed by atoms with Crippen LogP contribution in [0.1, 0.15) is 5.56 Å². The van der Waals surface area contributed by atoms with E-state index in [0.717, 1.165) is 22.2 Å². The van der Waals surface area contributed by atoms with Crippen molar-refractivity contribution in [3.8, 4) is 0 Å². The minimum atomic E-state index is -0.413. The first kappa shape index (κ1) is 15.7. The first-order chi connectivity index (χ1) is 12.3. The minimum absolute atomic E-state index is 0.0107. The smallest absolute Gasteiger partial charge is 0.250 e. The molecule has 4 rings (SSSR count). The highest BCUT2D eigenvalue weighted by Crippen LogP contribution is 2.29. The summed E-state index contributed by atoms with van der Waals surface area (Å²) in [5.74, 6) is -0.169. The van der Waals surface area contributed by atoms with Crippen LogP contribution in [0.4, 0.5) is 5.69 Å². The number of rotatable bonds is 5. The Morgan fingerprint density at radius 2 is 1.96 bits per heavy atom. The summed E-state index contributed by atoms with van der Waals surface area (Å²) in [6.07, 6.45) is 1.74. The van der Waals surface area contributed by atoms with Crippen LogP contribution in [-0.4, -0.2) is 30.6 Å². The maximum atomic E-state index is 12.3. The Balaban J connectivity index is 1.41. The van der Waals surface area contributed by atoms with Crippen LogP contribution in [0.5, 0.6) is 0 Å². The molecule has 25 heavy (non-hydrogen) atoms. The highest BCUT2D eigenvalue weighted by Gasteiger charge is 2.40. The molecule has 126 valence electrons. The third-order valence-corrected chi connectivity index (χ3v) is 4.49. The summed E-state index contributed by atoms with van der Waals surface area (Å²) in [4.78, 5) is 16.6. The van der Waals surface area contributed by atoms with E-state index >= 15 is 0 Å². The van der Waals surface area contributed by atoms with Gasteiger partial charge in [0.15, 0.2) is 0 Å². The van der Waals surface area contributed by atoms with Gasteiger partial charge in [0.1, 0.15) is 12.2 Å². The fraction of sp³-hybridized carbons (Fsp3) is 0.200. The molecule has 3 aromatic rings. The third-order valence-electron chi connectivity index (χ3n) is 4.49. The average molecular weight is 333 g/mol. The number of aromatic nitrogens is 1. The number of nitrogens with one attached hydrogen (secondary N) is 2. The molecular weight excluding hydrogens is 314 g/mol. The van der Waals surface area contributed by atoms with E-state index in [1.165, 1.54) is 0 Å². The number of fused-ring (bicyclic) bond motifs is 1. The van der Waals surface area contributed by atoms with Crippen LogP contribution in [-0.2, 0) is 15.1 Å². The van der Waals surface area contributed by atoms with Gasteiger partial charge in [-0.05, 0) is 23.8 Å². The lowest BCUT2D eigenvalue weighted by Gasteiger charge is -2.42. The van der Waals surface area contributed by atoms with Gasteiger partial charge in [-0.15, -0.1) is 0 Å². The number of hydrogen-bond acceptors (Lipinski definition) is 4. The average Bonchev–Trinajstić information content (AvgIpc) is 2.62. The predicted octanol–water partition coefficient (Wildman–Crippen LogP) is 2.69. The lowest BCUT2D eigenvalue weighted by atomic mass is 9.88. The van der Waals surface area contributed by atoms with Crippen LogP contribution in [0.15, 0.2) is 66.9 Å². The lowest BCUT2D eigenvalue weighted by molar-refractivity contribution is -0.134. The molecule has 1 saturated heterocycles. The molecule has 5 heteroatoms. The van der Waals surface area contributed by atoms with Gasteiger partial charge in [-0.2, -0.15) is 0 Å². The number of benzene rings is 2. The maximum absolute atomic E-state index is 12.3. The summed E-state index contributed by atoms with van der Waals surface area (Å²) in [7, 11) is 0. The Morgan fingerprint density at radius 3 is 2.72 bits per heavy atom. The second kappa shape index (κ2) is 6.63. The van der Waals surface area contributed by atoms with Crippen molar-refractivity contribution < 1.29 is 9.53 Å². The Labute approximate surface area is 146 Å². The van der Waals surface area contributed by atoms with Gasteiger partial charge in [-0.1, -0.05) is 42.5 Å². The predicted molar refractivity (Wildman–Crippen MR) is 97.3 cm³/mol. The Bertz CT molecular complexity index is 892. The SMILES string of the molecule is O=C(COC1(c2ccccc2)CNC1)Nc1ccc2cccnc2c1. The van der Waals surface area contributed by atoms with E-state index in [-0.39, 0.29) is 12.5 Å². The van der Waals surface area contributed by atoms with Crippen LogP contribution in [0.3, 0.4) is 0 Å². The molecule has 1 aromatic heterocycles. The topological polar surface area (TPSA) is 63.2 Å². The first-order valence-electron chi connectivity index (χ1n) is 8.30. The number of carbonyl (C=O) groups excluding carboxylic acids is 1. The van der Waals surface area contributed by atoms with Gasteiger partial charge in [0.2, 0.25) is 5.91 Å². The molecule has 2 N–H and O–H groups in total. The van der Waals surface area contributed by atoms with Crippen molar-refractivity contribution in [3.05, 3.63) is 72.4 Å². The summed E-state index contributed by atoms with van der Waals surface area (Å²) in [6.45, 7) is 1.44. The number of anilines is 1. The fourth-order valence-electron chi connectivity index (χ4n) is 3.03. The molecule has 0 bridgehead atoms. The number of pyridine rings is 1. The summed E-state index contributed by atoms with van der Waals surface area (Å²) >= 11 is 0. The Hall–Kier alpha value is -2.76. The van der Waals surface area contributed by atoms with E-state index in [2.05, 4.69) is 15.6 Å². The molecule has 5 nitrogen and oxygen atoms in total. The summed E-state index contributed by atoms with van der Waals surface area (Å²) < 4.78 is 5.98. The second-order valence-corrected chi connectivity index (χ2v) is 6.21. The standard InChI is InChI=1S/C20H19N3O2/c24-19(23-17-9-8-15-5-4-10-22-18(15)11-17)12-25-20(13-21-14-20)16-6-2-1-3-7-16/h1-11,21H,12-14H2,(H,23,24). The van der Waals surface area contributed by atoms with Gasteiger partial charge in [0.05, 0.1) is 5.52 Å². The van der Waals surface area contributed by atoms with Crippen molar-refractivity contribution in [1.82, 2.24) is 10.3 Å². The zero-order chi connectivity index (χ0) is 17.1. The molecule has 2 aromatic carbocycles. The van der Waals surface area contributed by atoms with E-state index in [4.69, 9.17) is 4.74 Å². The first-order valence-corrected chi connectivity index (χ1v) is 8.30. The van der Waals surface area contributed by atoms with Crippen molar-refractivity contribution in [2.75, 3.05) is 25.0 Å². The number of ether oxygens (including phenoxy) is 1. The molecule has 1 fully saturated rings. The van der Waals surface area contributed by atoms with Crippen molar-refractivity contribution >= 4 is 22.5 Å². The van der Waals surface area contributed by atoms with Gasteiger partial charge in [0.25, 0.3) is 0 Å². The molecule has 0 saturated carbocycles. The third kappa shape index (κ3) is 3.24. The van der Waals surface area contributed by atoms with E-state index in [0.29, 0.717) is 13.1 Å². The van der Waals surface area contributed by atoms with E-state index in [1.54, 1.807) is 6.20 Å². The van der Waals surface area contributed by atoms with Gasteiger partial charge in [0, 0.05) is 30.4 Å². The second-order valence-electron chi connectivity index (χ2n) is 6.21. The molecule has 0 spiro atoms. The van der Waals surface area contributed by atoms with Gasteiger partial charge in [-0.3, -0.25) is 9.78 Å². The summed E-state index contributed by atoms with van der Waals surface area (Å²) in [5.41, 5.74) is 2.26. The molecule has 2 heterocycles. The van der Waals surface area contributed by atoms with Crippen molar-refractivity contribution in [3.63, 3.8) is 0 Å². The highest BCUT2D eigenvalue weighted by molar-refractivity contribution is 5.94. The Morgan fingerprint density at radius 1 is 1.12 bits per heavy atom. The molecular formula is C20H19N3O2. The van der Waals surface area contributed by atoms with Crippen molar-refractivity contribution in [1.29, 1.82) is 0 Å². The van der Waals surface area contributed by atoms with E-state index in [9.17, 15) is 4.79 Å². The Kier molecular flexibility index (Phi) is 4.17. The zero-order valence-electron chi connectivity index (χ0n) is 13.7. The fourth-order valence-corrected chi connectivity index (χ4v) is 3.03. The molecule has 1 amide bonds.